The monoisotopic (exact) mass is 171 g/mol. The second kappa shape index (κ2) is 2.74. The Morgan fingerprint density at radius 1 is 1.82 bits per heavy atom. The lowest BCUT2D eigenvalue weighted by atomic mass is 10.0. The number of carbonyl (C=O) groups excluding carboxylic acids is 1. The highest BCUT2D eigenvalue weighted by Crippen LogP contribution is 2.38. The van der Waals surface area contributed by atoms with E-state index in [0.717, 1.165) is 11.8 Å². The third kappa shape index (κ3) is 1.66. The van der Waals surface area contributed by atoms with Crippen LogP contribution in [0.15, 0.2) is 0 Å². The van der Waals surface area contributed by atoms with E-state index in [4.69, 9.17) is 10.00 Å². The Balaban J connectivity index is 2.67. The van der Waals surface area contributed by atoms with Gasteiger partial charge in [0.2, 0.25) is 0 Å². The summed E-state index contributed by atoms with van der Waals surface area (Å²) < 4.78 is 4.99. The van der Waals surface area contributed by atoms with Crippen molar-refractivity contribution in [3.05, 3.63) is 0 Å². The lowest BCUT2D eigenvalue weighted by molar-refractivity contribution is 0.0696. The predicted molar refractivity (Wildman–Crippen MR) is 42.2 cm³/mol. The van der Waals surface area contributed by atoms with Crippen molar-refractivity contribution in [2.45, 2.75) is 31.1 Å². The largest absolute Gasteiger partial charge is 0.450 e. The molecule has 3 nitrogen and oxygen atoms in total. The van der Waals surface area contributed by atoms with Crippen LogP contribution in [-0.4, -0.2) is 16.2 Å². The molecular formula is C7H9NO2S. The predicted octanol–water partition coefficient (Wildman–Crippen LogP) is 1.93. The molecule has 60 valence electrons. The standard InChI is InChI=1S/C7H9NO2S/c1-7(2)5(3-4-8)11-6(9)10-7/h5H,3H2,1-2H3. The molecule has 0 spiro atoms. The number of ether oxygens (including phenoxy) is 1. The molecule has 0 aromatic heterocycles. The smallest absolute Gasteiger partial charge is 0.368 e. The van der Waals surface area contributed by atoms with Gasteiger partial charge in [-0.15, -0.1) is 0 Å². The molecule has 1 saturated heterocycles. The summed E-state index contributed by atoms with van der Waals surface area (Å²) in [4.78, 5) is 10.8. The van der Waals surface area contributed by atoms with Crippen molar-refractivity contribution in [1.29, 1.82) is 5.26 Å². The number of nitrogens with zero attached hydrogens (tertiary/aromatic N) is 1. The minimum absolute atomic E-state index is 0.0139. The molecule has 1 heterocycles. The average Bonchev–Trinajstić information content (AvgIpc) is 2.07. The van der Waals surface area contributed by atoms with Gasteiger partial charge < -0.3 is 4.74 Å². The molecule has 1 aliphatic heterocycles. The Morgan fingerprint density at radius 3 is 2.82 bits per heavy atom. The Kier molecular flexibility index (Phi) is 2.10. The van der Waals surface area contributed by atoms with Crippen LogP contribution in [0.1, 0.15) is 20.3 Å². The van der Waals surface area contributed by atoms with Gasteiger partial charge in [-0.25, -0.2) is 4.79 Å². The summed E-state index contributed by atoms with van der Waals surface area (Å²) in [5.74, 6) is 0. The molecule has 0 aromatic carbocycles. The first-order chi connectivity index (χ1) is 5.06. The first-order valence-electron chi connectivity index (χ1n) is 3.33. The first-order valence-corrected chi connectivity index (χ1v) is 4.21. The summed E-state index contributed by atoms with van der Waals surface area (Å²) in [6, 6.07) is 2.03. The molecule has 0 bridgehead atoms. The summed E-state index contributed by atoms with van der Waals surface area (Å²) in [6.07, 6.45) is 0.364. The van der Waals surface area contributed by atoms with E-state index < -0.39 is 5.60 Å². The van der Waals surface area contributed by atoms with Gasteiger partial charge in [0.25, 0.3) is 0 Å². The number of cyclic esters (lactones) is 1. The fourth-order valence-corrected chi connectivity index (χ4v) is 1.92. The van der Waals surface area contributed by atoms with E-state index >= 15 is 0 Å². The second-order valence-electron chi connectivity index (χ2n) is 2.92. The fraction of sp³-hybridized carbons (Fsp3) is 0.714. The Hall–Kier alpha value is -0.690. The second-order valence-corrected chi connectivity index (χ2v) is 4.06. The van der Waals surface area contributed by atoms with Crippen molar-refractivity contribution < 1.29 is 9.53 Å². The molecule has 1 unspecified atom stereocenters. The van der Waals surface area contributed by atoms with Crippen LogP contribution in [0.3, 0.4) is 0 Å². The summed E-state index contributed by atoms with van der Waals surface area (Å²) in [6.45, 7) is 3.65. The van der Waals surface area contributed by atoms with E-state index in [9.17, 15) is 4.79 Å². The molecule has 0 radical (unpaired) electrons. The lowest BCUT2D eigenvalue weighted by Crippen LogP contribution is -2.30. The Bertz CT molecular complexity index is 219. The van der Waals surface area contributed by atoms with Crippen molar-refractivity contribution in [3.8, 4) is 6.07 Å². The van der Waals surface area contributed by atoms with Gasteiger partial charge in [-0.2, -0.15) is 5.26 Å². The molecule has 4 heteroatoms. The van der Waals surface area contributed by atoms with Crippen LogP contribution in [0.4, 0.5) is 4.79 Å². The van der Waals surface area contributed by atoms with Gasteiger partial charge in [-0.05, 0) is 25.6 Å². The molecule has 0 aromatic rings. The van der Waals surface area contributed by atoms with E-state index in [-0.39, 0.29) is 10.6 Å². The maximum atomic E-state index is 10.8. The maximum absolute atomic E-state index is 10.8. The number of hydrogen-bond donors (Lipinski definition) is 0. The molecule has 1 aliphatic rings. The van der Waals surface area contributed by atoms with Crippen LogP contribution in [0, 0.1) is 11.3 Å². The molecule has 0 saturated carbocycles. The van der Waals surface area contributed by atoms with E-state index in [1.54, 1.807) is 0 Å². The zero-order valence-electron chi connectivity index (χ0n) is 6.46. The highest BCUT2D eigenvalue weighted by atomic mass is 32.2. The van der Waals surface area contributed by atoms with Crippen molar-refractivity contribution in [3.63, 3.8) is 0 Å². The van der Waals surface area contributed by atoms with Gasteiger partial charge in [0.15, 0.2) is 0 Å². The molecule has 0 N–H and O–H groups in total. The van der Waals surface area contributed by atoms with Crippen LogP contribution >= 0.6 is 11.8 Å². The number of rotatable bonds is 1. The van der Waals surface area contributed by atoms with E-state index in [0.29, 0.717) is 6.42 Å². The number of nitriles is 1. The molecule has 1 atom stereocenters. The molecule has 0 aliphatic carbocycles. The molecule has 1 fully saturated rings. The fourth-order valence-electron chi connectivity index (χ4n) is 0.933. The van der Waals surface area contributed by atoms with Gasteiger partial charge in [0, 0.05) is 0 Å². The van der Waals surface area contributed by atoms with E-state index in [2.05, 4.69) is 0 Å². The quantitative estimate of drug-likeness (QED) is 0.565. The van der Waals surface area contributed by atoms with Crippen molar-refractivity contribution in [1.82, 2.24) is 0 Å². The van der Waals surface area contributed by atoms with Crippen molar-refractivity contribution >= 4 is 17.1 Å². The third-order valence-electron chi connectivity index (χ3n) is 1.64. The number of hydrogen-bond acceptors (Lipinski definition) is 4. The highest BCUT2D eigenvalue weighted by molar-refractivity contribution is 8.14. The Labute approximate surface area is 69.7 Å². The number of carbonyl (C=O) groups is 1. The molecule has 0 amide bonds. The van der Waals surface area contributed by atoms with Gasteiger partial charge in [0.05, 0.1) is 17.7 Å². The lowest BCUT2D eigenvalue weighted by Gasteiger charge is -2.20. The summed E-state index contributed by atoms with van der Waals surface area (Å²) in [7, 11) is 0. The maximum Gasteiger partial charge on any atom is 0.368 e. The van der Waals surface area contributed by atoms with Crippen LogP contribution in [0.25, 0.3) is 0 Å². The average molecular weight is 171 g/mol. The summed E-state index contributed by atoms with van der Waals surface area (Å²) >= 11 is 1.11. The van der Waals surface area contributed by atoms with Crippen molar-refractivity contribution in [2.75, 3.05) is 0 Å². The van der Waals surface area contributed by atoms with Crippen LogP contribution in [0.5, 0.6) is 0 Å². The van der Waals surface area contributed by atoms with Crippen LogP contribution in [0.2, 0.25) is 0 Å². The van der Waals surface area contributed by atoms with Crippen molar-refractivity contribution in [2.24, 2.45) is 0 Å². The minimum atomic E-state index is -0.475. The SMILES string of the molecule is CC1(C)OC(=O)SC1CC#N. The number of thioether (sulfide) groups is 1. The van der Waals surface area contributed by atoms with Gasteiger partial charge in [-0.1, -0.05) is 0 Å². The topological polar surface area (TPSA) is 50.1 Å². The van der Waals surface area contributed by atoms with Crippen LogP contribution < -0.4 is 0 Å². The highest BCUT2D eigenvalue weighted by Gasteiger charge is 2.42. The zero-order valence-corrected chi connectivity index (χ0v) is 7.27. The normalized spacial score (nSPS) is 27.7. The summed E-state index contributed by atoms with van der Waals surface area (Å²) in [5, 5.41) is 8.13. The van der Waals surface area contributed by atoms with Crippen LogP contribution in [-0.2, 0) is 4.74 Å². The zero-order chi connectivity index (χ0) is 8.48. The molecule has 11 heavy (non-hydrogen) atoms. The van der Waals surface area contributed by atoms with Gasteiger partial charge in [0.1, 0.15) is 5.60 Å². The molecular weight excluding hydrogens is 162 g/mol. The van der Waals surface area contributed by atoms with E-state index in [1.807, 2.05) is 19.9 Å². The summed E-state index contributed by atoms with van der Waals surface area (Å²) in [5.41, 5.74) is -0.475. The third-order valence-corrected chi connectivity index (χ3v) is 2.93. The minimum Gasteiger partial charge on any atom is -0.450 e. The van der Waals surface area contributed by atoms with Gasteiger partial charge >= 0.3 is 5.30 Å². The Morgan fingerprint density at radius 2 is 2.45 bits per heavy atom. The molecule has 1 rings (SSSR count). The first kappa shape index (κ1) is 8.41. The van der Waals surface area contributed by atoms with E-state index in [1.165, 1.54) is 0 Å². The van der Waals surface area contributed by atoms with Gasteiger partial charge in [-0.3, -0.25) is 0 Å².